The van der Waals surface area contributed by atoms with Crippen molar-refractivity contribution in [3.8, 4) is 5.75 Å². The Kier molecular flexibility index (Phi) is 5.78. The monoisotopic (exact) mass is 356 g/mol. The molecule has 1 amide bonds. The number of carbonyl (C=O) groups is 1. The molecule has 3 heterocycles. The number of hydrogen-bond acceptors (Lipinski definition) is 3. The zero-order valence-corrected chi connectivity index (χ0v) is 15.9. The molecule has 2 atom stereocenters. The summed E-state index contributed by atoms with van der Waals surface area (Å²) >= 11 is 0. The summed E-state index contributed by atoms with van der Waals surface area (Å²) in [5, 5.41) is 0. The number of carbonyl (C=O) groups excluding carboxylic acids is 1. The number of ether oxygens (including phenoxy) is 1. The number of fused-ring (bicyclic) bond motifs is 1. The first kappa shape index (κ1) is 17.8. The Bertz CT molecular complexity index is 595. The number of likely N-dealkylation sites (tertiary alicyclic amines) is 1. The molecule has 3 aliphatic heterocycles. The summed E-state index contributed by atoms with van der Waals surface area (Å²) in [4.78, 5) is 17.2. The number of benzene rings is 1. The summed E-state index contributed by atoms with van der Waals surface area (Å²) in [6, 6.07) is 8.61. The van der Waals surface area contributed by atoms with Crippen LogP contribution in [0.4, 0.5) is 0 Å². The predicted octanol–water partition coefficient (Wildman–Crippen LogP) is 3.96. The van der Waals surface area contributed by atoms with Gasteiger partial charge in [-0.1, -0.05) is 6.42 Å². The summed E-state index contributed by atoms with van der Waals surface area (Å²) in [7, 11) is 0. The van der Waals surface area contributed by atoms with Crippen LogP contribution in [0.25, 0.3) is 0 Å². The van der Waals surface area contributed by atoms with E-state index in [-0.39, 0.29) is 5.91 Å². The van der Waals surface area contributed by atoms with Crippen LogP contribution in [0.15, 0.2) is 24.3 Å². The zero-order chi connectivity index (χ0) is 17.8. The maximum atomic E-state index is 12.5. The highest BCUT2D eigenvalue weighted by molar-refractivity contribution is 5.94. The van der Waals surface area contributed by atoms with Gasteiger partial charge in [0.25, 0.3) is 5.91 Å². The second-order valence-electron chi connectivity index (χ2n) is 8.28. The quantitative estimate of drug-likeness (QED) is 0.819. The van der Waals surface area contributed by atoms with E-state index in [0.717, 1.165) is 49.9 Å². The molecule has 2 unspecified atom stereocenters. The number of amides is 1. The van der Waals surface area contributed by atoms with Gasteiger partial charge in [0.2, 0.25) is 0 Å². The van der Waals surface area contributed by atoms with Crippen LogP contribution in [0.1, 0.15) is 61.7 Å². The summed E-state index contributed by atoms with van der Waals surface area (Å²) in [6.07, 6.45) is 10.3. The van der Waals surface area contributed by atoms with E-state index < -0.39 is 0 Å². The summed E-state index contributed by atoms with van der Waals surface area (Å²) in [5.74, 6) is 1.69. The van der Waals surface area contributed by atoms with Crippen LogP contribution < -0.4 is 4.74 Å². The van der Waals surface area contributed by atoms with Crippen LogP contribution in [0.3, 0.4) is 0 Å². The molecule has 1 aromatic rings. The van der Waals surface area contributed by atoms with Crippen molar-refractivity contribution >= 4 is 5.91 Å². The van der Waals surface area contributed by atoms with Gasteiger partial charge in [0.15, 0.2) is 0 Å². The van der Waals surface area contributed by atoms with Gasteiger partial charge in [-0.2, -0.15) is 0 Å². The number of hydrogen-bond donors (Lipinski definition) is 0. The fourth-order valence-electron chi connectivity index (χ4n) is 4.80. The molecule has 3 saturated heterocycles. The predicted molar refractivity (Wildman–Crippen MR) is 104 cm³/mol. The molecule has 0 aromatic heterocycles. The number of nitrogens with zero attached hydrogens (tertiary/aromatic N) is 2. The molecular weight excluding hydrogens is 324 g/mol. The van der Waals surface area contributed by atoms with E-state index in [2.05, 4.69) is 4.90 Å². The maximum absolute atomic E-state index is 12.5. The van der Waals surface area contributed by atoms with Crippen LogP contribution >= 0.6 is 0 Å². The van der Waals surface area contributed by atoms with Crippen LogP contribution in [0, 0.1) is 5.92 Å². The number of rotatable bonds is 4. The highest BCUT2D eigenvalue weighted by Crippen LogP contribution is 2.29. The topological polar surface area (TPSA) is 32.8 Å². The first-order chi connectivity index (χ1) is 12.8. The molecule has 3 fully saturated rings. The average molecular weight is 357 g/mol. The van der Waals surface area contributed by atoms with Gasteiger partial charge in [-0.15, -0.1) is 0 Å². The Balaban J connectivity index is 1.27. The smallest absolute Gasteiger partial charge is 0.253 e. The second-order valence-corrected chi connectivity index (χ2v) is 8.28. The largest absolute Gasteiger partial charge is 0.493 e. The molecule has 4 nitrogen and oxygen atoms in total. The van der Waals surface area contributed by atoms with E-state index in [1.165, 1.54) is 51.6 Å². The third kappa shape index (κ3) is 4.22. The lowest BCUT2D eigenvalue weighted by Crippen LogP contribution is -2.47. The van der Waals surface area contributed by atoms with E-state index >= 15 is 0 Å². The minimum atomic E-state index is 0.166. The second kappa shape index (κ2) is 8.43. The summed E-state index contributed by atoms with van der Waals surface area (Å²) < 4.78 is 6.05. The van der Waals surface area contributed by atoms with Crippen LogP contribution in [0.5, 0.6) is 5.75 Å². The molecule has 0 saturated carbocycles. The van der Waals surface area contributed by atoms with Gasteiger partial charge in [-0.05, 0) is 75.8 Å². The van der Waals surface area contributed by atoms with E-state index in [1.807, 2.05) is 29.2 Å². The SMILES string of the molecule is O=C(c1ccc(OCC2CCC3CCCCN3C2)cc1)N1CCCCC1. The van der Waals surface area contributed by atoms with E-state index in [4.69, 9.17) is 4.74 Å². The van der Waals surface area contributed by atoms with E-state index in [0.29, 0.717) is 5.92 Å². The highest BCUT2D eigenvalue weighted by atomic mass is 16.5. The van der Waals surface area contributed by atoms with Crippen molar-refractivity contribution in [3.63, 3.8) is 0 Å². The Hall–Kier alpha value is -1.55. The third-order valence-corrected chi connectivity index (χ3v) is 6.38. The molecule has 0 radical (unpaired) electrons. The minimum Gasteiger partial charge on any atom is -0.493 e. The Morgan fingerprint density at radius 1 is 0.923 bits per heavy atom. The molecule has 3 aliphatic rings. The summed E-state index contributed by atoms with van der Waals surface area (Å²) in [6.45, 7) is 5.06. The molecule has 0 bridgehead atoms. The van der Waals surface area contributed by atoms with Crippen molar-refractivity contribution in [2.45, 2.75) is 57.4 Å². The van der Waals surface area contributed by atoms with Crippen LogP contribution in [-0.2, 0) is 0 Å². The zero-order valence-electron chi connectivity index (χ0n) is 15.9. The van der Waals surface area contributed by atoms with Gasteiger partial charge >= 0.3 is 0 Å². The molecule has 4 rings (SSSR count). The van der Waals surface area contributed by atoms with Crippen molar-refractivity contribution in [2.24, 2.45) is 5.92 Å². The first-order valence-electron chi connectivity index (χ1n) is 10.6. The molecule has 0 N–H and O–H groups in total. The van der Waals surface area contributed by atoms with Gasteiger partial charge in [-0.25, -0.2) is 0 Å². The van der Waals surface area contributed by atoms with Crippen molar-refractivity contribution in [1.29, 1.82) is 0 Å². The Morgan fingerprint density at radius 2 is 1.69 bits per heavy atom. The average Bonchev–Trinajstić information content (AvgIpc) is 2.72. The lowest BCUT2D eigenvalue weighted by Gasteiger charge is -2.42. The summed E-state index contributed by atoms with van der Waals surface area (Å²) in [5.41, 5.74) is 0.785. The maximum Gasteiger partial charge on any atom is 0.253 e. The van der Waals surface area contributed by atoms with E-state index in [1.54, 1.807) is 0 Å². The van der Waals surface area contributed by atoms with Gasteiger partial charge in [0.1, 0.15) is 5.75 Å². The van der Waals surface area contributed by atoms with Crippen molar-refractivity contribution in [2.75, 3.05) is 32.8 Å². The molecule has 4 heteroatoms. The van der Waals surface area contributed by atoms with Crippen LogP contribution in [-0.4, -0.2) is 54.5 Å². The van der Waals surface area contributed by atoms with Gasteiger partial charge in [0.05, 0.1) is 6.61 Å². The van der Waals surface area contributed by atoms with Crippen molar-refractivity contribution in [1.82, 2.24) is 9.80 Å². The van der Waals surface area contributed by atoms with Gasteiger partial charge in [0, 0.05) is 37.2 Å². The lowest BCUT2D eigenvalue weighted by atomic mass is 9.88. The third-order valence-electron chi connectivity index (χ3n) is 6.38. The Morgan fingerprint density at radius 3 is 2.50 bits per heavy atom. The molecule has 1 aromatic carbocycles. The normalized spacial score (nSPS) is 27.0. The van der Waals surface area contributed by atoms with Gasteiger partial charge in [-0.3, -0.25) is 9.69 Å². The highest BCUT2D eigenvalue weighted by Gasteiger charge is 2.30. The molecular formula is C22H32N2O2. The van der Waals surface area contributed by atoms with Crippen molar-refractivity contribution < 1.29 is 9.53 Å². The fraction of sp³-hybridized carbons (Fsp3) is 0.682. The minimum absolute atomic E-state index is 0.166. The Labute approximate surface area is 157 Å². The molecule has 0 spiro atoms. The van der Waals surface area contributed by atoms with Crippen LogP contribution in [0.2, 0.25) is 0 Å². The number of piperidine rings is 3. The molecule has 26 heavy (non-hydrogen) atoms. The van der Waals surface area contributed by atoms with Crippen molar-refractivity contribution in [3.05, 3.63) is 29.8 Å². The lowest BCUT2D eigenvalue weighted by molar-refractivity contribution is 0.0565. The molecule has 0 aliphatic carbocycles. The molecule has 142 valence electrons. The van der Waals surface area contributed by atoms with E-state index in [9.17, 15) is 4.79 Å². The fourth-order valence-corrected chi connectivity index (χ4v) is 4.80. The first-order valence-corrected chi connectivity index (χ1v) is 10.6. The van der Waals surface area contributed by atoms with Gasteiger partial charge < -0.3 is 9.64 Å². The standard InChI is InChI=1S/C22H32N2O2/c25-22(23-13-3-1-4-14-23)19-8-11-21(12-9-19)26-17-18-7-10-20-6-2-5-15-24(20)16-18/h8-9,11-12,18,20H,1-7,10,13-17H2.